The number of para-hydroxylation sites is 1. The van der Waals surface area contributed by atoms with Crippen LogP contribution in [0.1, 0.15) is 37.0 Å². The van der Waals surface area contributed by atoms with Crippen LogP contribution in [-0.4, -0.2) is 33.3 Å². The summed E-state index contributed by atoms with van der Waals surface area (Å²) in [6, 6.07) is 10.9. The monoisotopic (exact) mass is 447 g/mol. The van der Waals surface area contributed by atoms with Crippen molar-refractivity contribution in [1.29, 1.82) is 0 Å². The zero-order valence-electron chi connectivity index (χ0n) is 18.4. The molecule has 0 aliphatic carbocycles. The highest BCUT2D eigenvalue weighted by Gasteiger charge is 2.27. The van der Waals surface area contributed by atoms with Crippen LogP contribution in [0.3, 0.4) is 0 Å². The van der Waals surface area contributed by atoms with Crippen LogP contribution in [-0.2, 0) is 16.1 Å². The molecule has 170 valence electrons. The molecule has 1 aliphatic heterocycles. The van der Waals surface area contributed by atoms with Crippen LogP contribution >= 0.6 is 0 Å². The molecule has 0 bridgehead atoms. The third-order valence-electron chi connectivity index (χ3n) is 5.38. The van der Waals surface area contributed by atoms with Gasteiger partial charge in [-0.15, -0.1) is 0 Å². The van der Waals surface area contributed by atoms with Crippen LogP contribution < -0.4 is 21.5 Å². The lowest BCUT2D eigenvalue weighted by Gasteiger charge is -2.14. The lowest BCUT2D eigenvalue weighted by molar-refractivity contribution is -0.118. The quantitative estimate of drug-likeness (QED) is 0.536. The zero-order valence-corrected chi connectivity index (χ0v) is 18.4. The number of nitrogens with one attached hydrogen (secondary N) is 3. The van der Waals surface area contributed by atoms with Crippen molar-refractivity contribution in [3.8, 4) is 0 Å². The smallest absolute Gasteiger partial charge is 0.261 e. The molecule has 1 aliphatic rings. The minimum atomic E-state index is -0.834. The van der Waals surface area contributed by atoms with Crippen molar-refractivity contribution >= 4 is 40.0 Å². The van der Waals surface area contributed by atoms with E-state index in [4.69, 9.17) is 0 Å². The molecule has 2 heterocycles. The number of fused-ring (bicyclic) bond motifs is 2. The number of aromatic nitrogens is 2. The zero-order chi connectivity index (χ0) is 23.5. The van der Waals surface area contributed by atoms with Gasteiger partial charge in [0, 0.05) is 18.7 Å². The summed E-state index contributed by atoms with van der Waals surface area (Å²) in [5.74, 6) is -0.776. The van der Waals surface area contributed by atoms with Crippen LogP contribution in [0.2, 0.25) is 0 Å². The predicted molar refractivity (Wildman–Crippen MR) is 125 cm³/mol. The van der Waals surface area contributed by atoms with Crippen LogP contribution in [0.15, 0.2) is 53.6 Å². The first kappa shape index (κ1) is 22.2. The number of carbonyl (C=O) groups is 3. The molecule has 3 N–H and O–H groups in total. The van der Waals surface area contributed by atoms with Crippen molar-refractivity contribution in [3.05, 3.63) is 64.7 Å². The van der Waals surface area contributed by atoms with E-state index in [9.17, 15) is 19.2 Å². The fourth-order valence-electron chi connectivity index (χ4n) is 3.77. The number of nitrogens with zero attached hydrogens (tertiary/aromatic N) is 2. The van der Waals surface area contributed by atoms with E-state index in [-0.39, 0.29) is 36.1 Å². The van der Waals surface area contributed by atoms with Gasteiger partial charge in [0.15, 0.2) is 0 Å². The van der Waals surface area contributed by atoms with Crippen molar-refractivity contribution in [2.24, 2.45) is 5.92 Å². The van der Waals surface area contributed by atoms with Gasteiger partial charge in [-0.1, -0.05) is 26.0 Å². The molecule has 1 atom stereocenters. The van der Waals surface area contributed by atoms with E-state index in [0.717, 1.165) is 0 Å². The summed E-state index contributed by atoms with van der Waals surface area (Å²) in [7, 11) is 0. The summed E-state index contributed by atoms with van der Waals surface area (Å²) in [6.45, 7) is 4.59. The second-order valence-corrected chi connectivity index (χ2v) is 8.48. The lowest BCUT2D eigenvalue weighted by Crippen LogP contribution is -2.41. The van der Waals surface area contributed by atoms with Gasteiger partial charge in [0.2, 0.25) is 11.8 Å². The van der Waals surface area contributed by atoms with Crippen molar-refractivity contribution < 1.29 is 14.4 Å². The largest absolute Gasteiger partial charge is 0.340 e. The Bertz CT molecular complexity index is 1300. The van der Waals surface area contributed by atoms with Crippen LogP contribution in [0.5, 0.6) is 0 Å². The Hall–Kier alpha value is -4.01. The van der Waals surface area contributed by atoms with Gasteiger partial charge in [-0.25, -0.2) is 4.98 Å². The maximum Gasteiger partial charge on any atom is 0.261 e. The first-order valence-electron chi connectivity index (χ1n) is 10.8. The SMILES string of the molecule is CC(C)Cn1cnc2ccc(NC(=O)CC[C@@H]3NC(=O)c4ccccc4NC3=O)cc2c1=O. The summed E-state index contributed by atoms with van der Waals surface area (Å²) >= 11 is 0. The Kier molecular flexibility index (Phi) is 6.21. The maximum atomic E-state index is 12.8. The highest BCUT2D eigenvalue weighted by molar-refractivity contribution is 6.10. The topological polar surface area (TPSA) is 122 Å². The second-order valence-electron chi connectivity index (χ2n) is 8.48. The minimum absolute atomic E-state index is 0.0113. The van der Waals surface area contributed by atoms with E-state index in [2.05, 4.69) is 20.9 Å². The van der Waals surface area contributed by atoms with E-state index in [0.29, 0.717) is 40.3 Å². The Morgan fingerprint density at radius 1 is 1.15 bits per heavy atom. The molecule has 1 aromatic heterocycles. The standard InChI is InChI=1S/C24H25N5O4/c1-14(2)12-29-13-25-18-8-7-15(11-17(18)24(29)33)26-21(30)10-9-20-23(32)27-19-6-4-3-5-16(19)22(31)28-20/h3-8,11,13-14,20H,9-10,12H2,1-2H3,(H,26,30)(H,27,32)(H,28,31)/t20-/m0/s1. The number of benzene rings is 2. The van der Waals surface area contributed by atoms with Crippen LogP contribution in [0, 0.1) is 5.92 Å². The van der Waals surface area contributed by atoms with Gasteiger partial charge >= 0.3 is 0 Å². The molecule has 3 amide bonds. The molecule has 0 saturated carbocycles. The molecule has 0 fully saturated rings. The van der Waals surface area contributed by atoms with Gasteiger partial charge in [0.05, 0.1) is 28.5 Å². The molecule has 3 aromatic rings. The third kappa shape index (κ3) is 4.92. The first-order chi connectivity index (χ1) is 15.8. The van der Waals surface area contributed by atoms with Gasteiger partial charge in [0.1, 0.15) is 6.04 Å². The molecule has 0 radical (unpaired) electrons. The average molecular weight is 447 g/mol. The Morgan fingerprint density at radius 3 is 2.73 bits per heavy atom. The summed E-state index contributed by atoms with van der Waals surface area (Å²) in [6.07, 6.45) is 1.68. The molecule has 0 spiro atoms. The second kappa shape index (κ2) is 9.23. The maximum absolute atomic E-state index is 12.8. The van der Waals surface area contributed by atoms with Crippen molar-refractivity contribution in [2.75, 3.05) is 10.6 Å². The van der Waals surface area contributed by atoms with Gasteiger partial charge < -0.3 is 16.0 Å². The molecule has 9 heteroatoms. The summed E-state index contributed by atoms with van der Waals surface area (Å²) < 4.78 is 1.56. The summed E-state index contributed by atoms with van der Waals surface area (Å²) in [5.41, 5.74) is 1.68. The highest BCUT2D eigenvalue weighted by atomic mass is 16.2. The average Bonchev–Trinajstić information content (AvgIpc) is 2.90. The van der Waals surface area contributed by atoms with Crippen LogP contribution in [0.4, 0.5) is 11.4 Å². The minimum Gasteiger partial charge on any atom is -0.340 e. The van der Waals surface area contributed by atoms with Gasteiger partial charge in [-0.05, 0) is 42.7 Å². The predicted octanol–water partition coefficient (Wildman–Crippen LogP) is 2.52. The van der Waals surface area contributed by atoms with Gasteiger partial charge in [-0.3, -0.25) is 23.7 Å². The van der Waals surface area contributed by atoms with Crippen molar-refractivity contribution in [1.82, 2.24) is 14.9 Å². The fraction of sp³-hybridized carbons (Fsp3) is 0.292. The number of carbonyl (C=O) groups excluding carboxylic acids is 3. The summed E-state index contributed by atoms with van der Waals surface area (Å²) in [5, 5.41) is 8.58. The van der Waals surface area contributed by atoms with E-state index < -0.39 is 6.04 Å². The van der Waals surface area contributed by atoms with Crippen molar-refractivity contribution in [3.63, 3.8) is 0 Å². The highest BCUT2D eigenvalue weighted by Crippen LogP contribution is 2.20. The molecule has 0 unspecified atom stereocenters. The van der Waals surface area contributed by atoms with Crippen molar-refractivity contribution in [2.45, 2.75) is 39.3 Å². The Balaban J connectivity index is 1.42. The van der Waals surface area contributed by atoms with E-state index in [1.54, 1.807) is 47.0 Å². The fourth-order valence-corrected chi connectivity index (χ4v) is 3.77. The molecular formula is C24H25N5O4. The molecule has 4 rings (SSSR count). The third-order valence-corrected chi connectivity index (χ3v) is 5.38. The molecule has 9 nitrogen and oxygen atoms in total. The lowest BCUT2D eigenvalue weighted by atomic mass is 10.1. The summed E-state index contributed by atoms with van der Waals surface area (Å²) in [4.78, 5) is 54.5. The van der Waals surface area contributed by atoms with E-state index in [1.165, 1.54) is 6.33 Å². The number of hydrogen-bond acceptors (Lipinski definition) is 5. The van der Waals surface area contributed by atoms with E-state index >= 15 is 0 Å². The molecular weight excluding hydrogens is 422 g/mol. The van der Waals surface area contributed by atoms with E-state index in [1.807, 2.05) is 13.8 Å². The van der Waals surface area contributed by atoms with Gasteiger partial charge in [0.25, 0.3) is 11.5 Å². The number of amides is 3. The Labute approximate surface area is 190 Å². The number of rotatable bonds is 6. The van der Waals surface area contributed by atoms with Gasteiger partial charge in [-0.2, -0.15) is 0 Å². The first-order valence-corrected chi connectivity index (χ1v) is 10.8. The molecule has 33 heavy (non-hydrogen) atoms. The Morgan fingerprint density at radius 2 is 1.94 bits per heavy atom. The molecule has 0 saturated heterocycles. The number of anilines is 2. The normalized spacial score (nSPS) is 15.5. The number of hydrogen-bond donors (Lipinski definition) is 3. The molecule has 2 aromatic carbocycles. The van der Waals surface area contributed by atoms with Crippen LogP contribution in [0.25, 0.3) is 10.9 Å².